The van der Waals surface area contributed by atoms with Crippen LogP contribution in [0.3, 0.4) is 0 Å². The van der Waals surface area contributed by atoms with Crippen LogP contribution in [0.25, 0.3) is 0 Å². The summed E-state index contributed by atoms with van der Waals surface area (Å²) in [6, 6.07) is 7.18. The molecule has 1 aliphatic rings. The van der Waals surface area contributed by atoms with E-state index in [0.717, 1.165) is 32.7 Å². The lowest BCUT2D eigenvalue weighted by molar-refractivity contribution is -0.116. The van der Waals surface area contributed by atoms with E-state index >= 15 is 0 Å². The Morgan fingerprint density at radius 2 is 1.73 bits per heavy atom. The number of anilines is 2. The molecule has 0 radical (unpaired) electrons. The number of carbonyl (C=O) groups excluding carboxylic acids is 2. The molecule has 120 valence electrons. The molecule has 1 fully saturated rings. The van der Waals surface area contributed by atoms with Gasteiger partial charge in [0.1, 0.15) is 0 Å². The number of piperazine rings is 1. The van der Waals surface area contributed by atoms with Gasteiger partial charge in [-0.05, 0) is 25.2 Å². The third-order valence-corrected chi connectivity index (χ3v) is 3.72. The second kappa shape index (κ2) is 7.91. The van der Waals surface area contributed by atoms with Crippen LogP contribution in [0.2, 0.25) is 0 Å². The number of likely N-dealkylation sites (N-methyl/N-ethyl adjacent to an activating group) is 1. The summed E-state index contributed by atoms with van der Waals surface area (Å²) in [6.07, 6.45) is 0.480. The van der Waals surface area contributed by atoms with Crippen molar-refractivity contribution in [1.82, 2.24) is 9.80 Å². The van der Waals surface area contributed by atoms with E-state index in [0.29, 0.717) is 17.8 Å². The Balaban J connectivity index is 1.78. The molecule has 1 aromatic rings. The quantitative estimate of drug-likeness (QED) is 0.858. The summed E-state index contributed by atoms with van der Waals surface area (Å²) in [6.45, 7) is 6.39. The summed E-state index contributed by atoms with van der Waals surface area (Å²) < 4.78 is 0. The molecule has 2 N–H and O–H groups in total. The van der Waals surface area contributed by atoms with Gasteiger partial charge >= 0.3 is 0 Å². The van der Waals surface area contributed by atoms with Gasteiger partial charge in [-0.15, -0.1) is 0 Å². The van der Waals surface area contributed by atoms with Crippen LogP contribution in [0.5, 0.6) is 0 Å². The van der Waals surface area contributed by atoms with Gasteiger partial charge in [0.2, 0.25) is 11.8 Å². The minimum atomic E-state index is -0.126. The smallest absolute Gasteiger partial charge is 0.225 e. The molecule has 0 bridgehead atoms. The van der Waals surface area contributed by atoms with Gasteiger partial charge in [-0.2, -0.15) is 0 Å². The Labute approximate surface area is 131 Å². The van der Waals surface area contributed by atoms with Crippen molar-refractivity contribution < 1.29 is 9.59 Å². The molecule has 1 saturated heterocycles. The predicted molar refractivity (Wildman–Crippen MR) is 87.9 cm³/mol. The van der Waals surface area contributed by atoms with E-state index in [1.165, 1.54) is 6.92 Å². The maximum atomic E-state index is 12.0. The van der Waals surface area contributed by atoms with E-state index in [9.17, 15) is 9.59 Å². The highest BCUT2D eigenvalue weighted by molar-refractivity contribution is 5.93. The van der Waals surface area contributed by atoms with Crippen LogP contribution in [0.4, 0.5) is 11.4 Å². The fraction of sp³-hybridized carbons (Fsp3) is 0.500. The molecule has 1 heterocycles. The van der Waals surface area contributed by atoms with Crippen molar-refractivity contribution in [3.05, 3.63) is 24.3 Å². The van der Waals surface area contributed by atoms with E-state index in [-0.39, 0.29) is 11.8 Å². The molecule has 0 spiro atoms. The summed E-state index contributed by atoms with van der Waals surface area (Å²) in [5, 5.41) is 5.58. The van der Waals surface area contributed by atoms with Crippen LogP contribution in [0.1, 0.15) is 13.3 Å². The Morgan fingerprint density at radius 1 is 1.09 bits per heavy atom. The fourth-order valence-corrected chi connectivity index (χ4v) is 2.43. The molecule has 2 amide bonds. The molecule has 1 aromatic carbocycles. The first kappa shape index (κ1) is 16.5. The summed E-state index contributed by atoms with van der Waals surface area (Å²) in [4.78, 5) is 27.7. The van der Waals surface area contributed by atoms with Crippen LogP contribution in [0, 0.1) is 0 Å². The van der Waals surface area contributed by atoms with Gasteiger partial charge in [0.25, 0.3) is 0 Å². The Hall–Kier alpha value is -1.92. The number of amides is 2. The number of hydrogen-bond donors (Lipinski definition) is 2. The number of hydrogen-bond acceptors (Lipinski definition) is 4. The summed E-state index contributed by atoms with van der Waals surface area (Å²) in [7, 11) is 2.12. The molecule has 6 heteroatoms. The van der Waals surface area contributed by atoms with Crippen molar-refractivity contribution >= 4 is 23.2 Å². The molecule has 2 rings (SSSR count). The minimum absolute atomic E-state index is 0.00102. The lowest BCUT2D eigenvalue weighted by Gasteiger charge is -2.32. The number of nitrogens with one attached hydrogen (secondary N) is 2. The zero-order valence-electron chi connectivity index (χ0n) is 13.3. The normalized spacial score (nSPS) is 16.3. The van der Waals surface area contributed by atoms with Crippen LogP contribution in [0.15, 0.2) is 24.3 Å². The van der Waals surface area contributed by atoms with E-state index in [1.54, 1.807) is 18.2 Å². The molecule has 0 aromatic heterocycles. The van der Waals surface area contributed by atoms with Crippen LogP contribution >= 0.6 is 0 Å². The second-order valence-electron chi connectivity index (χ2n) is 5.71. The lowest BCUT2D eigenvalue weighted by Crippen LogP contribution is -2.45. The Morgan fingerprint density at radius 3 is 2.36 bits per heavy atom. The molecule has 0 atom stereocenters. The molecular formula is C16H24N4O2. The van der Waals surface area contributed by atoms with E-state index in [1.807, 2.05) is 6.07 Å². The van der Waals surface area contributed by atoms with Gasteiger partial charge in [-0.1, -0.05) is 6.07 Å². The van der Waals surface area contributed by atoms with Gasteiger partial charge in [-0.25, -0.2) is 0 Å². The van der Waals surface area contributed by atoms with Crippen LogP contribution in [-0.4, -0.2) is 61.4 Å². The maximum Gasteiger partial charge on any atom is 0.225 e. The third-order valence-electron chi connectivity index (χ3n) is 3.72. The Bertz CT molecular complexity index is 525. The number of benzene rings is 1. The van der Waals surface area contributed by atoms with E-state index in [2.05, 4.69) is 27.5 Å². The Kier molecular flexibility index (Phi) is 5.91. The standard InChI is InChI=1S/C16H24N4O2/c1-13(21)17-14-4-3-5-15(12-14)18-16(22)6-7-20-10-8-19(2)9-11-20/h3-5,12H,6-11H2,1-2H3,(H,17,21)(H,18,22). The lowest BCUT2D eigenvalue weighted by atomic mass is 10.2. The van der Waals surface area contributed by atoms with Crippen molar-refractivity contribution in [3.63, 3.8) is 0 Å². The molecule has 0 aliphatic carbocycles. The largest absolute Gasteiger partial charge is 0.326 e. The van der Waals surface area contributed by atoms with E-state index < -0.39 is 0 Å². The fourth-order valence-electron chi connectivity index (χ4n) is 2.43. The molecule has 0 unspecified atom stereocenters. The second-order valence-corrected chi connectivity index (χ2v) is 5.71. The van der Waals surface area contributed by atoms with Crippen molar-refractivity contribution in [2.75, 3.05) is 50.4 Å². The molecule has 6 nitrogen and oxygen atoms in total. The first-order valence-corrected chi connectivity index (χ1v) is 7.61. The summed E-state index contributed by atoms with van der Waals surface area (Å²) in [5.74, 6) is -0.127. The molecule has 0 saturated carbocycles. The van der Waals surface area contributed by atoms with Crippen molar-refractivity contribution in [1.29, 1.82) is 0 Å². The number of carbonyl (C=O) groups is 2. The highest BCUT2D eigenvalue weighted by Crippen LogP contribution is 2.15. The van der Waals surface area contributed by atoms with Gasteiger partial charge in [0.15, 0.2) is 0 Å². The zero-order chi connectivity index (χ0) is 15.9. The predicted octanol–water partition coefficient (Wildman–Crippen LogP) is 1.22. The zero-order valence-corrected chi connectivity index (χ0v) is 13.3. The molecular weight excluding hydrogens is 280 g/mol. The summed E-state index contributed by atoms with van der Waals surface area (Å²) in [5.41, 5.74) is 1.39. The monoisotopic (exact) mass is 304 g/mol. The van der Waals surface area contributed by atoms with Gasteiger partial charge in [0, 0.05) is 57.4 Å². The van der Waals surface area contributed by atoms with Gasteiger partial charge in [0.05, 0.1) is 0 Å². The maximum absolute atomic E-state index is 12.0. The van der Waals surface area contributed by atoms with Crippen molar-refractivity contribution in [3.8, 4) is 0 Å². The minimum Gasteiger partial charge on any atom is -0.326 e. The summed E-state index contributed by atoms with van der Waals surface area (Å²) >= 11 is 0. The highest BCUT2D eigenvalue weighted by Gasteiger charge is 2.14. The number of nitrogens with zero attached hydrogens (tertiary/aromatic N) is 2. The van der Waals surface area contributed by atoms with Gasteiger partial charge in [-0.3, -0.25) is 9.59 Å². The topological polar surface area (TPSA) is 64.7 Å². The average Bonchev–Trinajstić information content (AvgIpc) is 2.46. The molecule has 1 aliphatic heterocycles. The highest BCUT2D eigenvalue weighted by atomic mass is 16.2. The van der Waals surface area contributed by atoms with Crippen LogP contribution < -0.4 is 10.6 Å². The molecule has 22 heavy (non-hydrogen) atoms. The third kappa shape index (κ3) is 5.46. The van der Waals surface area contributed by atoms with Gasteiger partial charge < -0.3 is 20.4 Å². The van der Waals surface area contributed by atoms with Crippen molar-refractivity contribution in [2.24, 2.45) is 0 Å². The van der Waals surface area contributed by atoms with Crippen molar-refractivity contribution in [2.45, 2.75) is 13.3 Å². The number of rotatable bonds is 5. The first-order valence-electron chi connectivity index (χ1n) is 7.61. The first-order chi connectivity index (χ1) is 10.5. The average molecular weight is 304 g/mol. The van der Waals surface area contributed by atoms with Crippen LogP contribution in [-0.2, 0) is 9.59 Å². The SMILES string of the molecule is CC(=O)Nc1cccc(NC(=O)CCN2CCN(C)CC2)c1. The van der Waals surface area contributed by atoms with E-state index in [4.69, 9.17) is 0 Å².